The topological polar surface area (TPSA) is 124 Å². The Labute approximate surface area is 268 Å². The zero-order valence-electron chi connectivity index (χ0n) is 23.0. The minimum atomic E-state index is -4.48. The predicted molar refractivity (Wildman–Crippen MR) is 138 cm³/mol. The molecule has 0 unspecified atom stereocenters. The van der Waals surface area contributed by atoms with E-state index in [2.05, 4.69) is 11.1 Å². The molecule has 0 saturated carbocycles. The molecule has 0 radical (unpaired) electrons. The van der Waals surface area contributed by atoms with Gasteiger partial charge in [-0.1, -0.05) is 114 Å². The molecule has 0 amide bonds. The number of unbranched alkanes of at least 4 members (excludes halogenated alkanes) is 10. The van der Waals surface area contributed by atoms with E-state index in [1.807, 2.05) is 25.1 Å². The van der Waals surface area contributed by atoms with Crippen molar-refractivity contribution in [3.05, 3.63) is 42.0 Å². The number of hydrogen-bond donors (Lipinski definition) is 0. The third-order valence-electron chi connectivity index (χ3n) is 5.74. The van der Waals surface area contributed by atoms with Crippen molar-refractivity contribution in [1.29, 1.82) is 0 Å². The normalized spacial score (nSPS) is 11.2. The van der Waals surface area contributed by atoms with Crippen molar-refractivity contribution in [1.82, 2.24) is 0 Å². The standard InChI is InChI=1S/C14H16O3S.C12H26O4S.2Na/c1-2-3-6-12-10-9-11-7-4-5-8-13(11)14(12)18(15,16)17;1-2-3-4-5-6-7-8-9-10-11-12-16-17(13,14)15;;/h4-5,7-10H,2-3,6H2,1H3,(H,15,16,17);2-12H2,1H3,(H,13,14,15);;/q;;2*+1/p-2. The molecule has 0 aliphatic carbocycles. The monoisotopic (exact) mass is 574 g/mol. The molecule has 2 aromatic rings. The fraction of sp³-hybridized carbons (Fsp3) is 0.615. The quantitative estimate of drug-likeness (QED) is 0.124. The van der Waals surface area contributed by atoms with E-state index >= 15 is 0 Å². The maximum absolute atomic E-state index is 11.5. The van der Waals surface area contributed by atoms with Crippen LogP contribution < -0.4 is 59.1 Å². The van der Waals surface area contributed by atoms with Gasteiger partial charge in [0.1, 0.15) is 10.1 Å². The first-order valence-electron chi connectivity index (χ1n) is 12.7. The largest absolute Gasteiger partial charge is 1.00 e. The van der Waals surface area contributed by atoms with Crippen LogP contribution in [0.4, 0.5) is 0 Å². The summed E-state index contributed by atoms with van der Waals surface area (Å²) >= 11 is 0. The second kappa shape index (κ2) is 22.2. The molecule has 11 heteroatoms. The Kier molecular flexibility index (Phi) is 23.8. The molecule has 0 fully saturated rings. The first-order valence-corrected chi connectivity index (χ1v) is 15.4. The Bertz CT molecular complexity index is 1080. The van der Waals surface area contributed by atoms with E-state index in [-0.39, 0.29) is 70.6 Å². The Hall–Kier alpha value is 0.480. The van der Waals surface area contributed by atoms with Crippen LogP contribution in [0.3, 0.4) is 0 Å². The van der Waals surface area contributed by atoms with Crippen molar-refractivity contribution >= 4 is 31.3 Å². The summed E-state index contributed by atoms with van der Waals surface area (Å²) in [5.74, 6) is 0. The second-order valence-electron chi connectivity index (χ2n) is 8.74. The molecule has 0 aliphatic rings. The first-order chi connectivity index (χ1) is 16.6. The molecule has 0 aromatic heterocycles. The number of fused-ring (bicyclic) bond motifs is 1. The molecular weight excluding hydrogens is 534 g/mol. The van der Waals surface area contributed by atoms with Crippen LogP contribution in [0.25, 0.3) is 10.8 Å². The SMILES string of the molecule is CCCCCCCCCCCCOS(=O)(=O)[O-].CCCCc1ccc2ccccc2c1S(=O)(=O)[O-].[Na+].[Na+]. The minimum Gasteiger partial charge on any atom is -0.744 e. The molecule has 0 N–H and O–H groups in total. The zero-order chi connectivity index (χ0) is 26.2. The minimum absolute atomic E-state index is 0. The molecule has 37 heavy (non-hydrogen) atoms. The van der Waals surface area contributed by atoms with Crippen LogP contribution in [0.2, 0.25) is 0 Å². The third kappa shape index (κ3) is 18.5. The van der Waals surface area contributed by atoms with Crippen molar-refractivity contribution in [2.75, 3.05) is 6.61 Å². The van der Waals surface area contributed by atoms with Gasteiger partial charge in [0.25, 0.3) is 0 Å². The molecule has 0 saturated heterocycles. The Morgan fingerprint density at radius 2 is 1.19 bits per heavy atom. The van der Waals surface area contributed by atoms with Crippen molar-refractivity contribution in [2.24, 2.45) is 0 Å². The van der Waals surface area contributed by atoms with Gasteiger partial charge in [0.2, 0.25) is 10.4 Å². The molecule has 0 heterocycles. The summed E-state index contributed by atoms with van der Waals surface area (Å²) < 4.78 is 68.9. The summed E-state index contributed by atoms with van der Waals surface area (Å²) in [4.78, 5) is -0.0472. The van der Waals surface area contributed by atoms with Crippen molar-refractivity contribution in [3.8, 4) is 0 Å². The molecule has 0 atom stereocenters. The Balaban J connectivity index is 0. The summed E-state index contributed by atoms with van der Waals surface area (Å²) in [7, 11) is -8.92. The summed E-state index contributed by atoms with van der Waals surface area (Å²) in [6, 6.07) is 10.7. The average Bonchev–Trinajstić information content (AvgIpc) is 2.79. The van der Waals surface area contributed by atoms with Crippen LogP contribution in [0, 0.1) is 0 Å². The molecule has 0 spiro atoms. The molecular formula is C26H40Na2O7S2. The fourth-order valence-corrected chi connectivity index (χ4v) is 5.17. The van der Waals surface area contributed by atoms with E-state index in [4.69, 9.17) is 0 Å². The maximum Gasteiger partial charge on any atom is 1.00 e. The van der Waals surface area contributed by atoms with E-state index < -0.39 is 20.5 Å². The van der Waals surface area contributed by atoms with Crippen molar-refractivity contribution < 1.29 is 89.2 Å². The number of rotatable bonds is 16. The second-order valence-corrected chi connectivity index (χ2v) is 11.1. The van der Waals surface area contributed by atoms with E-state index in [1.165, 1.54) is 44.9 Å². The molecule has 200 valence electrons. The average molecular weight is 575 g/mol. The summed E-state index contributed by atoms with van der Waals surface area (Å²) in [5.41, 5.74) is 0.630. The van der Waals surface area contributed by atoms with Gasteiger partial charge in [0.15, 0.2) is 0 Å². The Morgan fingerprint density at radius 1 is 0.676 bits per heavy atom. The number of hydrogen-bond acceptors (Lipinski definition) is 7. The van der Waals surface area contributed by atoms with Gasteiger partial charge in [0, 0.05) is 0 Å². The van der Waals surface area contributed by atoms with Crippen LogP contribution in [0.5, 0.6) is 0 Å². The molecule has 2 aromatic carbocycles. The van der Waals surface area contributed by atoms with Gasteiger partial charge in [-0.25, -0.2) is 16.8 Å². The van der Waals surface area contributed by atoms with E-state index in [9.17, 15) is 25.9 Å². The van der Waals surface area contributed by atoms with Crippen LogP contribution in [0.1, 0.15) is 96.5 Å². The predicted octanol–water partition coefficient (Wildman–Crippen LogP) is 0.479. The van der Waals surface area contributed by atoms with E-state index in [1.54, 1.807) is 18.2 Å². The smallest absolute Gasteiger partial charge is 0.744 e. The van der Waals surface area contributed by atoms with Crippen LogP contribution in [-0.2, 0) is 31.1 Å². The summed E-state index contributed by atoms with van der Waals surface area (Å²) in [5, 5.41) is 1.31. The van der Waals surface area contributed by atoms with E-state index in [0.29, 0.717) is 23.8 Å². The van der Waals surface area contributed by atoms with Gasteiger partial charge in [-0.3, -0.25) is 4.18 Å². The molecule has 0 bridgehead atoms. The van der Waals surface area contributed by atoms with Crippen LogP contribution >= 0.6 is 0 Å². The van der Waals surface area contributed by atoms with Crippen LogP contribution in [-0.4, -0.2) is 32.5 Å². The van der Waals surface area contributed by atoms with E-state index in [0.717, 1.165) is 31.1 Å². The fourth-order valence-electron chi connectivity index (χ4n) is 3.90. The molecule has 0 aliphatic heterocycles. The molecule has 7 nitrogen and oxygen atoms in total. The summed E-state index contributed by atoms with van der Waals surface area (Å²) in [6.45, 7) is 4.28. The van der Waals surface area contributed by atoms with Gasteiger partial charge >= 0.3 is 59.1 Å². The van der Waals surface area contributed by atoms with Gasteiger partial charge in [-0.2, -0.15) is 0 Å². The zero-order valence-corrected chi connectivity index (χ0v) is 28.7. The van der Waals surface area contributed by atoms with Gasteiger partial charge in [-0.05, 0) is 35.6 Å². The van der Waals surface area contributed by atoms with Gasteiger partial charge < -0.3 is 9.11 Å². The summed E-state index contributed by atoms with van der Waals surface area (Å²) in [6.07, 6.45) is 14.2. The van der Waals surface area contributed by atoms with Gasteiger partial charge in [0.05, 0.1) is 11.5 Å². The first kappa shape index (κ1) is 39.6. The van der Waals surface area contributed by atoms with Crippen LogP contribution in [0.15, 0.2) is 41.3 Å². The molecule has 2 rings (SSSR count). The van der Waals surface area contributed by atoms with Crippen molar-refractivity contribution in [3.63, 3.8) is 0 Å². The number of aryl methyl sites for hydroxylation is 1. The Morgan fingerprint density at radius 3 is 1.70 bits per heavy atom. The maximum atomic E-state index is 11.5. The number of benzene rings is 2. The van der Waals surface area contributed by atoms with Crippen molar-refractivity contribution in [2.45, 2.75) is 102 Å². The third-order valence-corrected chi connectivity index (χ3v) is 7.17. The van der Waals surface area contributed by atoms with Gasteiger partial charge in [-0.15, -0.1) is 0 Å².